The number of hydrogen-bond acceptors (Lipinski definition) is 2. The Balaban J connectivity index is 1.63. The zero-order valence-electron chi connectivity index (χ0n) is 11.5. The Kier molecular flexibility index (Phi) is 4.06. The second kappa shape index (κ2) is 5.96. The van der Waals surface area contributed by atoms with Crippen LogP contribution in [0.1, 0.15) is 44.2 Å². The molecule has 1 saturated carbocycles. The number of rotatable bonds is 6. The first-order valence-electron chi connectivity index (χ1n) is 7.41. The van der Waals surface area contributed by atoms with Crippen molar-refractivity contribution in [3.05, 3.63) is 39.3 Å². The van der Waals surface area contributed by atoms with Gasteiger partial charge in [-0.3, -0.25) is 4.79 Å². The lowest BCUT2D eigenvalue weighted by atomic mass is 10.1. The first-order valence-corrected chi connectivity index (χ1v) is 7.78. The maximum Gasteiger partial charge on any atom is 0.270 e. The Hall–Kier alpha value is -1.35. The maximum atomic E-state index is 12.0. The van der Waals surface area contributed by atoms with Gasteiger partial charge in [-0.2, -0.15) is 0 Å². The zero-order valence-corrected chi connectivity index (χ0v) is 12.2. The molecule has 3 rings (SSSR count). The number of halogens is 1. The summed E-state index contributed by atoms with van der Waals surface area (Å²) in [7, 11) is 0. The van der Waals surface area contributed by atoms with Gasteiger partial charge in [-0.05, 0) is 37.0 Å². The standard InChI is InChI=1S/C16H19ClN2O/c17-12-8-9-13-15(10-12)19-16(20)14(18-13)5-3-1-2-4-11-6-7-11/h8-11H,1-7H2,(H,19,20). The molecule has 106 valence electrons. The molecule has 0 atom stereocenters. The lowest BCUT2D eigenvalue weighted by Crippen LogP contribution is -2.15. The van der Waals surface area contributed by atoms with E-state index in [2.05, 4.69) is 9.97 Å². The lowest BCUT2D eigenvalue weighted by molar-refractivity contribution is 0.599. The van der Waals surface area contributed by atoms with Crippen molar-refractivity contribution in [2.24, 2.45) is 5.92 Å². The third kappa shape index (κ3) is 3.40. The second-order valence-corrected chi connectivity index (χ2v) is 6.15. The van der Waals surface area contributed by atoms with Crippen LogP contribution in [-0.2, 0) is 6.42 Å². The Morgan fingerprint density at radius 2 is 2.10 bits per heavy atom. The van der Waals surface area contributed by atoms with E-state index < -0.39 is 0 Å². The third-order valence-corrected chi connectivity index (χ3v) is 4.18. The molecule has 20 heavy (non-hydrogen) atoms. The molecule has 1 aromatic heterocycles. The lowest BCUT2D eigenvalue weighted by Gasteiger charge is -2.03. The van der Waals surface area contributed by atoms with Gasteiger partial charge in [-0.25, -0.2) is 4.98 Å². The summed E-state index contributed by atoms with van der Waals surface area (Å²) in [5.74, 6) is 1.00. The van der Waals surface area contributed by atoms with Crippen LogP contribution in [0.2, 0.25) is 5.02 Å². The zero-order chi connectivity index (χ0) is 13.9. The van der Waals surface area contributed by atoms with Gasteiger partial charge in [0.2, 0.25) is 0 Å². The number of benzene rings is 1. The van der Waals surface area contributed by atoms with Crippen LogP contribution in [0.15, 0.2) is 23.0 Å². The highest BCUT2D eigenvalue weighted by molar-refractivity contribution is 6.31. The highest BCUT2D eigenvalue weighted by atomic mass is 35.5. The molecule has 0 radical (unpaired) electrons. The Labute approximate surface area is 123 Å². The van der Waals surface area contributed by atoms with Gasteiger partial charge in [0.15, 0.2) is 0 Å². The third-order valence-electron chi connectivity index (χ3n) is 3.95. The average Bonchev–Trinajstić information content (AvgIpc) is 3.23. The van der Waals surface area contributed by atoms with Crippen molar-refractivity contribution in [1.82, 2.24) is 9.97 Å². The van der Waals surface area contributed by atoms with Crippen molar-refractivity contribution in [2.45, 2.75) is 44.9 Å². The molecule has 0 bridgehead atoms. The van der Waals surface area contributed by atoms with Gasteiger partial charge in [0.05, 0.1) is 11.0 Å². The molecule has 1 N–H and O–H groups in total. The molecule has 2 aromatic rings. The Morgan fingerprint density at radius 1 is 1.25 bits per heavy atom. The van der Waals surface area contributed by atoms with Gasteiger partial charge in [-0.15, -0.1) is 0 Å². The summed E-state index contributed by atoms with van der Waals surface area (Å²) in [5.41, 5.74) is 2.08. The first kappa shape index (κ1) is 13.6. The predicted octanol–water partition coefficient (Wildman–Crippen LogP) is 4.09. The van der Waals surface area contributed by atoms with E-state index in [1.807, 2.05) is 6.07 Å². The fourth-order valence-electron chi connectivity index (χ4n) is 2.57. The number of nitrogens with one attached hydrogen (secondary N) is 1. The highest BCUT2D eigenvalue weighted by Gasteiger charge is 2.19. The van der Waals surface area contributed by atoms with E-state index in [1.165, 1.54) is 32.1 Å². The van der Waals surface area contributed by atoms with E-state index in [0.717, 1.165) is 24.3 Å². The van der Waals surface area contributed by atoms with Gasteiger partial charge in [0.25, 0.3) is 5.56 Å². The van der Waals surface area contributed by atoms with Gasteiger partial charge < -0.3 is 4.98 Å². The molecule has 0 unspecified atom stereocenters. The molecule has 1 aromatic carbocycles. The summed E-state index contributed by atoms with van der Waals surface area (Å²) >= 11 is 5.91. The summed E-state index contributed by atoms with van der Waals surface area (Å²) in [6.07, 6.45) is 8.49. The minimum absolute atomic E-state index is 0.0815. The average molecular weight is 291 g/mol. The maximum absolute atomic E-state index is 12.0. The molecule has 3 nitrogen and oxygen atoms in total. The molecule has 0 amide bonds. The van der Waals surface area contributed by atoms with Crippen molar-refractivity contribution in [1.29, 1.82) is 0 Å². The van der Waals surface area contributed by atoms with Crippen LogP contribution in [0, 0.1) is 5.92 Å². The van der Waals surface area contributed by atoms with Crippen LogP contribution >= 0.6 is 11.6 Å². The fraction of sp³-hybridized carbons (Fsp3) is 0.500. The molecule has 1 aliphatic rings. The van der Waals surface area contributed by atoms with Gasteiger partial charge in [0, 0.05) is 5.02 Å². The number of aromatic amines is 1. The summed E-state index contributed by atoms with van der Waals surface area (Å²) in [5, 5.41) is 0.614. The second-order valence-electron chi connectivity index (χ2n) is 5.72. The summed E-state index contributed by atoms with van der Waals surface area (Å²) < 4.78 is 0. The number of aromatic nitrogens is 2. The summed E-state index contributed by atoms with van der Waals surface area (Å²) in [4.78, 5) is 19.3. The van der Waals surface area contributed by atoms with E-state index >= 15 is 0 Å². The topological polar surface area (TPSA) is 45.8 Å². The van der Waals surface area contributed by atoms with Crippen molar-refractivity contribution in [2.75, 3.05) is 0 Å². The van der Waals surface area contributed by atoms with Crippen molar-refractivity contribution < 1.29 is 0 Å². The van der Waals surface area contributed by atoms with Crippen LogP contribution in [0.5, 0.6) is 0 Å². The van der Waals surface area contributed by atoms with Crippen LogP contribution in [0.3, 0.4) is 0 Å². The number of aryl methyl sites for hydroxylation is 1. The van der Waals surface area contributed by atoms with E-state index in [-0.39, 0.29) is 5.56 Å². The monoisotopic (exact) mass is 290 g/mol. The molecule has 1 fully saturated rings. The van der Waals surface area contributed by atoms with Crippen LogP contribution < -0.4 is 5.56 Å². The molecule has 1 heterocycles. The van der Waals surface area contributed by atoms with E-state index in [4.69, 9.17) is 11.6 Å². The summed E-state index contributed by atoms with van der Waals surface area (Å²) in [6.45, 7) is 0. The molecular weight excluding hydrogens is 272 g/mol. The van der Waals surface area contributed by atoms with Crippen molar-refractivity contribution in [3.63, 3.8) is 0 Å². The predicted molar refractivity (Wildman–Crippen MR) is 82.3 cm³/mol. The molecule has 1 aliphatic carbocycles. The number of nitrogens with zero attached hydrogens (tertiary/aromatic N) is 1. The van der Waals surface area contributed by atoms with Crippen molar-refractivity contribution in [3.8, 4) is 0 Å². The van der Waals surface area contributed by atoms with E-state index in [9.17, 15) is 4.79 Å². The van der Waals surface area contributed by atoms with Crippen LogP contribution in [0.25, 0.3) is 11.0 Å². The number of hydrogen-bond donors (Lipinski definition) is 1. The van der Waals surface area contributed by atoms with E-state index in [1.54, 1.807) is 12.1 Å². The molecule has 4 heteroatoms. The number of H-pyrrole nitrogens is 1. The van der Waals surface area contributed by atoms with Gasteiger partial charge in [-0.1, -0.05) is 43.7 Å². The van der Waals surface area contributed by atoms with Gasteiger partial charge >= 0.3 is 0 Å². The highest BCUT2D eigenvalue weighted by Crippen LogP contribution is 2.34. The van der Waals surface area contributed by atoms with Crippen LogP contribution in [0.4, 0.5) is 0 Å². The Bertz CT molecular complexity index is 661. The SMILES string of the molecule is O=c1[nH]c2cc(Cl)ccc2nc1CCCCCC1CC1. The van der Waals surface area contributed by atoms with E-state index in [0.29, 0.717) is 16.2 Å². The number of unbranched alkanes of at least 4 members (excludes halogenated alkanes) is 2. The Morgan fingerprint density at radius 3 is 2.90 bits per heavy atom. The fourth-order valence-corrected chi connectivity index (χ4v) is 2.75. The first-order chi connectivity index (χ1) is 9.72. The molecule has 0 aliphatic heterocycles. The van der Waals surface area contributed by atoms with Crippen LogP contribution in [-0.4, -0.2) is 9.97 Å². The smallest absolute Gasteiger partial charge is 0.270 e. The largest absolute Gasteiger partial charge is 0.319 e. The molecule has 0 saturated heterocycles. The molecular formula is C16H19ClN2O. The number of fused-ring (bicyclic) bond motifs is 1. The minimum atomic E-state index is -0.0815. The van der Waals surface area contributed by atoms with Gasteiger partial charge in [0.1, 0.15) is 5.69 Å². The minimum Gasteiger partial charge on any atom is -0.319 e. The normalized spacial score (nSPS) is 14.8. The molecule has 0 spiro atoms. The van der Waals surface area contributed by atoms with Crippen molar-refractivity contribution >= 4 is 22.6 Å². The quantitative estimate of drug-likeness (QED) is 0.815. The summed E-state index contributed by atoms with van der Waals surface area (Å²) in [6, 6.07) is 5.39.